The second-order valence-corrected chi connectivity index (χ2v) is 6.76. The quantitative estimate of drug-likeness (QED) is 0.912. The molecule has 0 radical (unpaired) electrons. The first-order valence-corrected chi connectivity index (χ1v) is 8.84. The molecule has 1 saturated carbocycles. The summed E-state index contributed by atoms with van der Waals surface area (Å²) >= 11 is 0. The summed E-state index contributed by atoms with van der Waals surface area (Å²) in [5.74, 6) is 1.84. The first-order chi connectivity index (χ1) is 11.8. The van der Waals surface area contributed by atoms with E-state index < -0.39 is 0 Å². The van der Waals surface area contributed by atoms with Crippen molar-refractivity contribution < 1.29 is 4.79 Å². The molecule has 1 N–H and O–H groups in total. The Balaban J connectivity index is 1.35. The van der Waals surface area contributed by atoms with Crippen LogP contribution in [-0.4, -0.2) is 35.4 Å². The first-order valence-electron chi connectivity index (χ1n) is 8.84. The Bertz CT molecular complexity index is 701. The number of hydrogen-bond donors (Lipinski definition) is 1. The minimum absolute atomic E-state index is 0.0507. The molecule has 0 aromatic carbocycles. The van der Waals surface area contributed by atoms with Crippen LogP contribution in [0.3, 0.4) is 0 Å². The fourth-order valence-corrected chi connectivity index (χ4v) is 3.82. The molecule has 24 heavy (non-hydrogen) atoms. The standard InChI is InChI=1S/C16H23N7O/c24-16(12-6-7-14-18-10-20-23(14)9-12)17-8-15-21-19-11-22(15)13-4-2-1-3-5-13/h10-13H,1-9H2,(H,17,24). The van der Waals surface area contributed by atoms with Gasteiger partial charge in [-0.2, -0.15) is 5.10 Å². The van der Waals surface area contributed by atoms with Gasteiger partial charge < -0.3 is 9.88 Å². The molecule has 0 bridgehead atoms. The third kappa shape index (κ3) is 3.05. The highest BCUT2D eigenvalue weighted by molar-refractivity contribution is 5.78. The second-order valence-electron chi connectivity index (χ2n) is 6.76. The Morgan fingerprint density at radius 3 is 3.00 bits per heavy atom. The number of hydrogen-bond acceptors (Lipinski definition) is 5. The van der Waals surface area contributed by atoms with Crippen molar-refractivity contribution in [2.24, 2.45) is 5.92 Å². The fraction of sp³-hybridized carbons (Fsp3) is 0.688. The fourth-order valence-electron chi connectivity index (χ4n) is 3.82. The molecule has 2 aliphatic rings. The maximum Gasteiger partial charge on any atom is 0.225 e. The highest BCUT2D eigenvalue weighted by Gasteiger charge is 2.26. The molecule has 1 aliphatic carbocycles. The summed E-state index contributed by atoms with van der Waals surface area (Å²) < 4.78 is 3.98. The molecule has 8 heteroatoms. The zero-order valence-electron chi connectivity index (χ0n) is 13.8. The third-order valence-electron chi connectivity index (χ3n) is 5.21. The van der Waals surface area contributed by atoms with Crippen LogP contribution in [0.5, 0.6) is 0 Å². The molecule has 4 rings (SSSR count). The number of carbonyl (C=O) groups is 1. The lowest BCUT2D eigenvalue weighted by molar-refractivity contribution is -0.126. The van der Waals surface area contributed by atoms with Crippen LogP contribution in [0.1, 0.15) is 56.2 Å². The zero-order valence-corrected chi connectivity index (χ0v) is 13.8. The molecule has 0 spiro atoms. The molecule has 1 atom stereocenters. The molecule has 8 nitrogen and oxygen atoms in total. The van der Waals surface area contributed by atoms with Crippen LogP contribution in [0.25, 0.3) is 0 Å². The van der Waals surface area contributed by atoms with Gasteiger partial charge in [0.15, 0.2) is 5.82 Å². The number of amides is 1. The molecule has 128 valence electrons. The monoisotopic (exact) mass is 329 g/mol. The van der Waals surface area contributed by atoms with Gasteiger partial charge in [-0.3, -0.25) is 4.79 Å². The Kier molecular flexibility index (Phi) is 4.27. The first kappa shape index (κ1) is 15.3. The number of rotatable bonds is 4. The van der Waals surface area contributed by atoms with Crippen molar-refractivity contribution in [1.29, 1.82) is 0 Å². The van der Waals surface area contributed by atoms with Gasteiger partial charge in [-0.05, 0) is 19.3 Å². The molecule has 1 aliphatic heterocycles. The van der Waals surface area contributed by atoms with Gasteiger partial charge in [0.2, 0.25) is 5.91 Å². The Labute approximate surface area is 140 Å². The molecular weight excluding hydrogens is 306 g/mol. The van der Waals surface area contributed by atoms with Crippen LogP contribution in [0.2, 0.25) is 0 Å². The second kappa shape index (κ2) is 6.70. The molecule has 2 aromatic rings. The van der Waals surface area contributed by atoms with Crippen molar-refractivity contribution >= 4 is 5.91 Å². The third-order valence-corrected chi connectivity index (χ3v) is 5.21. The van der Waals surface area contributed by atoms with Crippen LogP contribution >= 0.6 is 0 Å². The molecular formula is C16H23N7O. The van der Waals surface area contributed by atoms with E-state index in [4.69, 9.17) is 0 Å². The SMILES string of the molecule is O=C(NCc1nncn1C1CCCCC1)C1CCc2ncnn2C1. The highest BCUT2D eigenvalue weighted by Crippen LogP contribution is 2.28. The van der Waals surface area contributed by atoms with Crippen molar-refractivity contribution in [2.75, 3.05) is 0 Å². The minimum Gasteiger partial charge on any atom is -0.348 e. The smallest absolute Gasteiger partial charge is 0.225 e. The Morgan fingerprint density at radius 2 is 2.12 bits per heavy atom. The van der Waals surface area contributed by atoms with E-state index in [0.717, 1.165) is 24.5 Å². The lowest BCUT2D eigenvalue weighted by Crippen LogP contribution is -2.36. The van der Waals surface area contributed by atoms with Gasteiger partial charge in [0.25, 0.3) is 0 Å². The van der Waals surface area contributed by atoms with Gasteiger partial charge >= 0.3 is 0 Å². The maximum atomic E-state index is 12.5. The predicted octanol–water partition coefficient (Wildman–Crippen LogP) is 1.25. The topological polar surface area (TPSA) is 90.5 Å². The van der Waals surface area contributed by atoms with Gasteiger partial charge in [-0.25, -0.2) is 9.67 Å². The summed E-state index contributed by atoms with van der Waals surface area (Å²) in [5.41, 5.74) is 0. The van der Waals surface area contributed by atoms with E-state index in [0.29, 0.717) is 19.1 Å². The molecule has 0 saturated heterocycles. The minimum atomic E-state index is -0.0507. The highest BCUT2D eigenvalue weighted by atomic mass is 16.1. The molecule has 2 aromatic heterocycles. The van der Waals surface area contributed by atoms with E-state index in [-0.39, 0.29) is 11.8 Å². The summed E-state index contributed by atoms with van der Waals surface area (Å²) in [6.45, 7) is 1.05. The number of fused-ring (bicyclic) bond motifs is 1. The van der Waals surface area contributed by atoms with E-state index in [1.165, 1.54) is 32.1 Å². The van der Waals surface area contributed by atoms with E-state index in [2.05, 4.69) is 30.2 Å². The van der Waals surface area contributed by atoms with Crippen molar-refractivity contribution in [3.05, 3.63) is 24.3 Å². The van der Waals surface area contributed by atoms with Crippen molar-refractivity contribution in [1.82, 2.24) is 34.8 Å². The summed E-state index contributed by atoms with van der Waals surface area (Å²) in [5, 5.41) is 15.5. The van der Waals surface area contributed by atoms with E-state index >= 15 is 0 Å². The van der Waals surface area contributed by atoms with Crippen molar-refractivity contribution in [3.63, 3.8) is 0 Å². The van der Waals surface area contributed by atoms with Gasteiger partial charge in [0.1, 0.15) is 18.5 Å². The summed E-state index contributed by atoms with van der Waals surface area (Å²) in [6, 6.07) is 0.480. The zero-order chi connectivity index (χ0) is 16.4. The number of aryl methyl sites for hydroxylation is 1. The summed E-state index contributed by atoms with van der Waals surface area (Å²) in [7, 11) is 0. The van der Waals surface area contributed by atoms with Crippen molar-refractivity contribution in [3.8, 4) is 0 Å². The van der Waals surface area contributed by atoms with Crippen LogP contribution in [0.4, 0.5) is 0 Å². The lowest BCUT2D eigenvalue weighted by atomic mass is 9.95. The average molecular weight is 329 g/mol. The van der Waals surface area contributed by atoms with Crippen LogP contribution in [-0.2, 0) is 24.3 Å². The van der Waals surface area contributed by atoms with E-state index in [9.17, 15) is 4.79 Å². The Morgan fingerprint density at radius 1 is 1.25 bits per heavy atom. The van der Waals surface area contributed by atoms with E-state index in [1.54, 1.807) is 12.7 Å². The van der Waals surface area contributed by atoms with Gasteiger partial charge in [0.05, 0.1) is 19.0 Å². The summed E-state index contributed by atoms with van der Waals surface area (Å²) in [6.07, 6.45) is 11.2. The summed E-state index contributed by atoms with van der Waals surface area (Å²) in [4.78, 5) is 16.7. The van der Waals surface area contributed by atoms with Crippen molar-refractivity contribution in [2.45, 2.75) is 64.1 Å². The Hall–Kier alpha value is -2.25. The number of aromatic nitrogens is 6. The van der Waals surface area contributed by atoms with Gasteiger partial charge in [-0.1, -0.05) is 19.3 Å². The molecule has 1 unspecified atom stereocenters. The number of nitrogens with one attached hydrogen (secondary N) is 1. The number of nitrogens with zero attached hydrogens (tertiary/aromatic N) is 6. The van der Waals surface area contributed by atoms with Gasteiger partial charge in [0, 0.05) is 12.5 Å². The van der Waals surface area contributed by atoms with Crippen LogP contribution in [0.15, 0.2) is 12.7 Å². The van der Waals surface area contributed by atoms with Crippen LogP contribution in [0, 0.1) is 5.92 Å². The predicted molar refractivity (Wildman–Crippen MR) is 85.8 cm³/mol. The number of carbonyl (C=O) groups excluding carboxylic acids is 1. The molecule has 3 heterocycles. The lowest BCUT2D eigenvalue weighted by Gasteiger charge is -2.24. The van der Waals surface area contributed by atoms with Crippen LogP contribution < -0.4 is 5.32 Å². The maximum absolute atomic E-state index is 12.5. The molecule has 1 fully saturated rings. The molecule has 1 amide bonds. The largest absolute Gasteiger partial charge is 0.348 e. The van der Waals surface area contributed by atoms with E-state index in [1.807, 2.05) is 4.68 Å². The average Bonchev–Trinajstić information content (AvgIpc) is 3.28. The normalized spacial score (nSPS) is 21.4. The van der Waals surface area contributed by atoms with Gasteiger partial charge in [-0.15, -0.1) is 10.2 Å².